The highest BCUT2D eigenvalue weighted by Gasteiger charge is 2.27. The molecule has 0 saturated carbocycles. The van der Waals surface area contributed by atoms with Gasteiger partial charge in [0.1, 0.15) is 12.3 Å². The molecule has 0 atom stereocenters. The Kier molecular flexibility index (Phi) is 2.22. The van der Waals surface area contributed by atoms with Gasteiger partial charge in [0, 0.05) is 5.56 Å². The number of carboxylic acid groups (broad SMARTS) is 1. The predicted molar refractivity (Wildman–Crippen MR) is 61.9 cm³/mol. The van der Waals surface area contributed by atoms with Gasteiger partial charge in [-0.25, -0.2) is 4.79 Å². The summed E-state index contributed by atoms with van der Waals surface area (Å²) in [6.07, 6.45) is 0. The lowest BCUT2D eigenvalue weighted by molar-refractivity contribution is 0.0687. The molecule has 0 bridgehead atoms. The molecule has 0 aliphatic carbocycles. The Morgan fingerprint density at radius 1 is 1.56 bits per heavy atom. The summed E-state index contributed by atoms with van der Waals surface area (Å²) in [4.78, 5) is 11.0. The summed E-state index contributed by atoms with van der Waals surface area (Å²) in [5.41, 5.74) is 1.97. The van der Waals surface area contributed by atoms with Crippen molar-refractivity contribution in [2.45, 2.75) is 6.61 Å². The Morgan fingerprint density at radius 3 is 3.11 bits per heavy atom. The van der Waals surface area contributed by atoms with Gasteiger partial charge in [0.05, 0.1) is 12.7 Å². The number of carbonyl (C=O) groups is 1. The zero-order valence-corrected chi connectivity index (χ0v) is 9.56. The van der Waals surface area contributed by atoms with Crippen molar-refractivity contribution < 1.29 is 19.4 Å². The smallest absolute Gasteiger partial charge is 0.354 e. The van der Waals surface area contributed by atoms with E-state index < -0.39 is 5.97 Å². The minimum absolute atomic E-state index is 0.0680. The number of aromatic amines is 1. The van der Waals surface area contributed by atoms with E-state index in [0.29, 0.717) is 22.8 Å². The highest BCUT2D eigenvalue weighted by atomic mass is 16.5. The van der Waals surface area contributed by atoms with E-state index in [1.54, 1.807) is 13.2 Å². The number of fused-ring (bicyclic) bond motifs is 3. The molecule has 0 radical (unpaired) electrons. The number of hydrogen-bond donors (Lipinski definition) is 2. The number of aromatic carboxylic acids is 1. The predicted octanol–water partition coefficient (Wildman–Crippen LogP) is 1.68. The Bertz CT molecular complexity index is 633. The molecule has 2 heterocycles. The number of rotatable bonds is 2. The summed E-state index contributed by atoms with van der Waals surface area (Å²) < 4.78 is 10.8. The fourth-order valence-electron chi connectivity index (χ4n) is 2.06. The van der Waals surface area contributed by atoms with Crippen molar-refractivity contribution in [1.29, 1.82) is 0 Å². The number of ether oxygens (including phenoxy) is 2. The van der Waals surface area contributed by atoms with E-state index in [2.05, 4.69) is 10.2 Å². The van der Waals surface area contributed by atoms with Gasteiger partial charge in [0.25, 0.3) is 0 Å². The Morgan fingerprint density at radius 2 is 2.39 bits per heavy atom. The van der Waals surface area contributed by atoms with Gasteiger partial charge in [-0.15, -0.1) is 0 Å². The number of benzene rings is 1. The second-order valence-corrected chi connectivity index (χ2v) is 3.86. The van der Waals surface area contributed by atoms with Gasteiger partial charge in [-0.3, -0.25) is 5.10 Å². The fourth-order valence-corrected chi connectivity index (χ4v) is 2.06. The molecule has 2 aromatic rings. The lowest BCUT2D eigenvalue weighted by Gasteiger charge is -2.19. The number of hydrogen-bond acceptors (Lipinski definition) is 4. The van der Waals surface area contributed by atoms with Crippen LogP contribution < -0.4 is 9.47 Å². The standard InChI is InChI=1S/C12H10N2O4/c1-17-8-4-2-3-6-9-7(5-18-11(6)8)10(12(15)16)14-13-9/h2-4H,5H2,1H3,(H,13,14)(H,15,16). The molecule has 0 spiro atoms. The average molecular weight is 246 g/mol. The number of nitrogens with one attached hydrogen (secondary N) is 1. The second kappa shape index (κ2) is 3.76. The molecular formula is C12H10N2O4. The van der Waals surface area contributed by atoms with Crippen molar-refractivity contribution in [1.82, 2.24) is 10.2 Å². The van der Waals surface area contributed by atoms with E-state index in [9.17, 15) is 4.79 Å². The van der Waals surface area contributed by atoms with Crippen LogP contribution in [0.5, 0.6) is 11.5 Å². The lowest BCUT2D eigenvalue weighted by Crippen LogP contribution is -2.09. The maximum absolute atomic E-state index is 11.0. The SMILES string of the molecule is COc1cccc2c1OCc1c-2n[nH]c1C(=O)O. The third-order valence-electron chi connectivity index (χ3n) is 2.90. The molecule has 1 aromatic heterocycles. The Hall–Kier alpha value is -2.50. The van der Waals surface area contributed by atoms with Crippen molar-refractivity contribution in [3.05, 3.63) is 29.5 Å². The molecule has 1 aliphatic heterocycles. The molecule has 6 nitrogen and oxygen atoms in total. The molecule has 3 rings (SSSR count). The first-order valence-corrected chi connectivity index (χ1v) is 5.33. The zero-order valence-electron chi connectivity index (χ0n) is 9.56. The van der Waals surface area contributed by atoms with E-state index in [1.165, 1.54) is 0 Å². The first-order chi connectivity index (χ1) is 8.72. The monoisotopic (exact) mass is 246 g/mol. The van der Waals surface area contributed by atoms with Crippen LogP contribution in [0.2, 0.25) is 0 Å². The molecule has 1 aliphatic rings. The molecule has 0 fully saturated rings. The van der Waals surface area contributed by atoms with Crippen LogP contribution in [0.3, 0.4) is 0 Å². The van der Waals surface area contributed by atoms with Gasteiger partial charge in [-0.1, -0.05) is 6.07 Å². The van der Waals surface area contributed by atoms with Crippen LogP contribution in [0.4, 0.5) is 0 Å². The van der Waals surface area contributed by atoms with Crippen LogP contribution in [0.25, 0.3) is 11.3 Å². The highest BCUT2D eigenvalue weighted by Crippen LogP contribution is 2.42. The third-order valence-corrected chi connectivity index (χ3v) is 2.90. The molecule has 6 heteroatoms. The molecule has 0 saturated heterocycles. The van der Waals surface area contributed by atoms with Crippen molar-refractivity contribution in [3.8, 4) is 22.8 Å². The average Bonchev–Trinajstić information content (AvgIpc) is 2.82. The number of carboxylic acids is 1. The largest absolute Gasteiger partial charge is 0.493 e. The summed E-state index contributed by atoms with van der Waals surface area (Å²) >= 11 is 0. The molecule has 1 aromatic carbocycles. The fraction of sp³-hybridized carbons (Fsp3) is 0.167. The van der Waals surface area contributed by atoms with E-state index in [1.807, 2.05) is 12.1 Å². The normalized spacial score (nSPS) is 12.3. The van der Waals surface area contributed by atoms with Crippen LogP contribution in [0.1, 0.15) is 16.1 Å². The molecule has 0 amide bonds. The van der Waals surface area contributed by atoms with Gasteiger partial charge in [0.15, 0.2) is 17.2 Å². The summed E-state index contributed by atoms with van der Waals surface area (Å²) in [5, 5.41) is 15.6. The number of para-hydroxylation sites is 1. The number of nitrogens with zero attached hydrogens (tertiary/aromatic N) is 1. The van der Waals surface area contributed by atoms with Crippen molar-refractivity contribution in [3.63, 3.8) is 0 Å². The molecule has 18 heavy (non-hydrogen) atoms. The number of methoxy groups -OCH3 is 1. The zero-order chi connectivity index (χ0) is 12.7. The van der Waals surface area contributed by atoms with Crippen molar-refractivity contribution in [2.24, 2.45) is 0 Å². The molecule has 0 unspecified atom stereocenters. The minimum atomic E-state index is -1.04. The van der Waals surface area contributed by atoms with Gasteiger partial charge >= 0.3 is 5.97 Å². The second-order valence-electron chi connectivity index (χ2n) is 3.86. The highest BCUT2D eigenvalue weighted by molar-refractivity contribution is 5.90. The van der Waals surface area contributed by atoms with Gasteiger partial charge < -0.3 is 14.6 Å². The van der Waals surface area contributed by atoms with Gasteiger partial charge in [-0.2, -0.15) is 5.10 Å². The molecule has 2 N–H and O–H groups in total. The first kappa shape index (κ1) is 10.6. The van der Waals surface area contributed by atoms with Crippen molar-refractivity contribution in [2.75, 3.05) is 7.11 Å². The minimum Gasteiger partial charge on any atom is -0.493 e. The van der Waals surface area contributed by atoms with Crippen LogP contribution in [-0.2, 0) is 6.61 Å². The topological polar surface area (TPSA) is 84.4 Å². The quantitative estimate of drug-likeness (QED) is 0.842. The van der Waals surface area contributed by atoms with Crippen LogP contribution >= 0.6 is 0 Å². The lowest BCUT2D eigenvalue weighted by atomic mass is 10.0. The van der Waals surface area contributed by atoms with Gasteiger partial charge in [0.2, 0.25) is 0 Å². The van der Waals surface area contributed by atoms with Crippen LogP contribution in [0.15, 0.2) is 18.2 Å². The van der Waals surface area contributed by atoms with Crippen molar-refractivity contribution >= 4 is 5.97 Å². The summed E-state index contributed by atoms with van der Waals surface area (Å²) in [7, 11) is 1.56. The third kappa shape index (κ3) is 1.35. The summed E-state index contributed by atoms with van der Waals surface area (Å²) in [6, 6.07) is 5.42. The van der Waals surface area contributed by atoms with E-state index in [0.717, 1.165) is 5.56 Å². The molecule has 92 valence electrons. The Balaban J connectivity index is 2.21. The molecular weight excluding hydrogens is 236 g/mol. The Labute approximate surface area is 102 Å². The first-order valence-electron chi connectivity index (χ1n) is 5.33. The van der Waals surface area contributed by atoms with Gasteiger partial charge in [-0.05, 0) is 12.1 Å². The van der Waals surface area contributed by atoms with Crippen LogP contribution in [-0.4, -0.2) is 28.4 Å². The van der Waals surface area contributed by atoms with E-state index >= 15 is 0 Å². The number of aromatic nitrogens is 2. The maximum Gasteiger partial charge on any atom is 0.354 e. The van der Waals surface area contributed by atoms with Crippen LogP contribution in [0, 0.1) is 0 Å². The maximum atomic E-state index is 11.0. The summed E-state index contributed by atoms with van der Waals surface area (Å²) in [5.74, 6) is 0.160. The van der Waals surface area contributed by atoms with E-state index in [4.69, 9.17) is 14.6 Å². The number of H-pyrrole nitrogens is 1. The van der Waals surface area contributed by atoms with E-state index in [-0.39, 0.29) is 12.3 Å². The summed E-state index contributed by atoms with van der Waals surface area (Å²) in [6.45, 7) is 0.167.